The highest BCUT2D eigenvalue weighted by Crippen LogP contribution is 2.42. The molecule has 0 fully saturated rings. The number of aliphatic carboxylic acids is 1. The van der Waals surface area contributed by atoms with Crippen LogP contribution in [0, 0.1) is 0 Å². The van der Waals surface area contributed by atoms with Crippen molar-refractivity contribution in [2.45, 2.75) is 18.9 Å². The molecule has 0 aromatic heterocycles. The Hall–Kier alpha value is -2.33. The molecule has 0 aliphatic carbocycles. The van der Waals surface area contributed by atoms with E-state index in [1.165, 1.54) is 0 Å². The summed E-state index contributed by atoms with van der Waals surface area (Å²) in [6.07, 6.45) is 0.788. The van der Waals surface area contributed by atoms with Gasteiger partial charge in [0.1, 0.15) is 11.5 Å². The molecule has 0 saturated carbocycles. The summed E-state index contributed by atoms with van der Waals surface area (Å²) in [7, 11) is 0. The highest BCUT2D eigenvalue weighted by molar-refractivity contribution is 5.66. The lowest BCUT2D eigenvalue weighted by Crippen LogP contribution is -2.26. The first-order valence-corrected chi connectivity index (χ1v) is 7.06. The first kappa shape index (κ1) is 13.6. The summed E-state index contributed by atoms with van der Waals surface area (Å²) in [4.78, 5) is 10.6. The summed E-state index contributed by atoms with van der Waals surface area (Å²) >= 11 is 0. The van der Waals surface area contributed by atoms with Gasteiger partial charge in [-0.25, -0.2) is 0 Å². The third kappa shape index (κ3) is 2.90. The molecule has 21 heavy (non-hydrogen) atoms. The lowest BCUT2D eigenvalue weighted by atomic mass is 9.94. The Balaban J connectivity index is 1.83. The third-order valence-corrected chi connectivity index (χ3v) is 3.60. The normalized spacial score (nSPS) is 13.1. The predicted octanol–water partition coefficient (Wildman–Crippen LogP) is 3.34. The van der Waals surface area contributed by atoms with Gasteiger partial charge in [0.2, 0.25) is 0 Å². The van der Waals surface area contributed by atoms with Crippen molar-refractivity contribution in [2.75, 3.05) is 6.54 Å². The fourth-order valence-corrected chi connectivity index (χ4v) is 2.62. The Morgan fingerprint density at radius 3 is 2.19 bits per heavy atom. The van der Waals surface area contributed by atoms with Crippen LogP contribution in [-0.4, -0.2) is 17.6 Å². The molecule has 3 rings (SSSR count). The van der Waals surface area contributed by atoms with Gasteiger partial charge >= 0.3 is 5.97 Å². The number of hydrogen-bond donors (Lipinski definition) is 2. The lowest BCUT2D eigenvalue weighted by molar-refractivity contribution is -0.137. The van der Waals surface area contributed by atoms with Crippen LogP contribution in [0.4, 0.5) is 0 Å². The van der Waals surface area contributed by atoms with Crippen molar-refractivity contribution in [3.63, 3.8) is 0 Å². The van der Waals surface area contributed by atoms with E-state index in [2.05, 4.69) is 5.32 Å². The molecule has 0 amide bonds. The van der Waals surface area contributed by atoms with Crippen LogP contribution in [0.15, 0.2) is 48.5 Å². The molecular formula is C17H17NO3. The maximum atomic E-state index is 10.6. The van der Waals surface area contributed by atoms with Crippen molar-refractivity contribution in [3.8, 4) is 11.5 Å². The highest BCUT2D eigenvalue weighted by Gasteiger charge is 2.25. The topological polar surface area (TPSA) is 58.6 Å². The van der Waals surface area contributed by atoms with Crippen molar-refractivity contribution in [1.82, 2.24) is 5.32 Å². The van der Waals surface area contributed by atoms with Gasteiger partial charge in [0.05, 0.1) is 6.04 Å². The first-order chi connectivity index (χ1) is 10.3. The Kier molecular flexibility index (Phi) is 3.88. The molecule has 0 bridgehead atoms. The minimum absolute atomic E-state index is 0.0416. The molecule has 2 aromatic carbocycles. The lowest BCUT2D eigenvalue weighted by Gasteiger charge is -2.28. The Labute approximate surface area is 123 Å². The number of rotatable bonds is 5. The molecule has 0 unspecified atom stereocenters. The highest BCUT2D eigenvalue weighted by atomic mass is 16.5. The Morgan fingerprint density at radius 1 is 1.05 bits per heavy atom. The van der Waals surface area contributed by atoms with Crippen molar-refractivity contribution in [2.24, 2.45) is 0 Å². The van der Waals surface area contributed by atoms with E-state index in [1.807, 2.05) is 48.5 Å². The van der Waals surface area contributed by atoms with Crippen LogP contribution in [-0.2, 0) is 4.79 Å². The fourth-order valence-electron chi connectivity index (χ4n) is 2.62. The van der Waals surface area contributed by atoms with E-state index in [-0.39, 0.29) is 12.5 Å². The number of carboxylic acid groups (broad SMARTS) is 1. The SMILES string of the molecule is O=C(O)CCCNC1c2ccccc2Oc2ccccc21. The van der Waals surface area contributed by atoms with E-state index in [0.717, 1.165) is 22.6 Å². The van der Waals surface area contributed by atoms with Crippen LogP contribution < -0.4 is 10.1 Å². The number of fused-ring (bicyclic) bond motifs is 2. The average Bonchev–Trinajstić information content (AvgIpc) is 2.50. The maximum Gasteiger partial charge on any atom is 0.303 e. The second kappa shape index (κ2) is 5.97. The van der Waals surface area contributed by atoms with Gasteiger partial charge in [-0.15, -0.1) is 0 Å². The molecule has 4 heteroatoms. The third-order valence-electron chi connectivity index (χ3n) is 3.60. The van der Waals surface area contributed by atoms with E-state index in [0.29, 0.717) is 13.0 Å². The molecule has 0 radical (unpaired) electrons. The molecule has 1 aliphatic rings. The van der Waals surface area contributed by atoms with Crippen LogP contribution in [0.2, 0.25) is 0 Å². The molecule has 1 aliphatic heterocycles. The average molecular weight is 283 g/mol. The quantitative estimate of drug-likeness (QED) is 0.826. The van der Waals surface area contributed by atoms with Gasteiger partial charge in [-0.3, -0.25) is 4.79 Å². The van der Waals surface area contributed by atoms with E-state index < -0.39 is 5.97 Å². The van der Waals surface area contributed by atoms with Crippen LogP contribution >= 0.6 is 0 Å². The number of nitrogens with one attached hydrogen (secondary N) is 1. The number of hydrogen-bond acceptors (Lipinski definition) is 3. The van der Waals surface area contributed by atoms with Crippen LogP contribution in [0.1, 0.15) is 30.0 Å². The van der Waals surface area contributed by atoms with E-state index in [1.54, 1.807) is 0 Å². The van der Waals surface area contributed by atoms with Gasteiger partial charge in [-0.2, -0.15) is 0 Å². The molecule has 1 heterocycles. The predicted molar refractivity (Wildman–Crippen MR) is 79.7 cm³/mol. The first-order valence-electron chi connectivity index (χ1n) is 7.06. The molecule has 108 valence electrons. The summed E-state index contributed by atoms with van der Waals surface area (Å²) in [6.45, 7) is 0.652. The second-order valence-corrected chi connectivity index (χ2v) is 5.06. The van der Waals surface area contributed by atoms with Gasteiger partial charge in [0.15, 0.2) is 0 Å². The Morgan fingerprint density at radius 2 is 1.62 bits per heavy atom. The minimum atomic E-state index is -0.760. The van der Waals surface area contributed by atoms with Gasteiger partial charge < -0.3 is 15.2 Å². The van der Waals surface area contributed by atoms with Crippen LogP contribution in [0.3, 0.4) is 0 Å². The van der Waals surface area contributed by atoms with Crippen LogP contribution in [0.5, 0.6) is 11.5 Å². The van der Waals surface area contributed by atoms with Crippen molar-refractivity contribution in [3.05, 3.63) is 59.7 Å². The van der Waals surface area contributed by atoms with Crippen molar-refractivity contribution >= 4 is 5.97 Å². The van der Waals surface area contributed by atoms with E-state index in [4.69, 9.17) is 9.84 Å². The van der Waals surface area contributed by atoms with Gasteiger partial charge in [-0.05, 0) is 25.1 Å². The number of carbonyl (C=O) groups is 1. The summed E-state index contributed by atoms with van der Waals surface area (Å²) in [5.74, 6) is 0.948. The zero-order valence-corrected chi connectivity index (χ0v) is 11.6. The number of carboxylic acids is 1. The van der Waals surface area contributed by atoms with Gasteiger partial charge in [0, 0.05) is 17.5 Å². The van der Waals surface area contributed by atoms with Crippen LogP contribution in [0.25, 0.3) is 0 Å². The molecule has 4 nitrogen and oxygen atoms in total. The van der Waals surface area contributed by atoms with Gasteiger partial charge in [0.25, 0.3) is 0 Å². The molecular weight excluding hydrogens is 266 g/mol. The zero-order valence-electron chi connectivity index (χ0n) is 11.6. The molecule has 0 atom stereocenters. The van der Waals surface area contributed by atoms with Crippen molar-refractivity contribution in [1.29, 1.82) is 0 Å². The summed E-state index contributed by atoms with van der Waals surface area (Å²) in [5, 5.41) is 12.2. The number of benzene rings is 2. The summed E-state index contributed by atoms with van der Waals surface area (Å²) < 4.78 is 5.92. The van der Waals surface area contributed by atoms with E-state index >= 15 is 0 Å². The van der Waals surface area contributed by atoms with E-state index in [9.17, 15) is 4.79 Å². The zero-order chi connectivity index (χ0) is 14.7. The Bertz CT molecular complexity index is 608. The second-order valence-electron chi connectivity index (χ2n) is 5.06. The minimum Gasteiger partial charge on any atom is -0.481 e. The molecule has 0 spiro atoms. The summed E-state index contributed by atoms with van der Waals surface area (Å²) in [5.41, 5.74) is 2.18. The monoisotopic (exact) mass is 283 g/mol. The largest absolute Gasteiger partial charge is 0.481 e. The molecule has 0 saturated heterocycles. The molecule has 2 N–H and O–H groups in total. The smallest absolute Gasteiger partial charge is 0.303 e. The summed E-state index contributed by atoms with van der Waals surface area (Å²) in [6, 6.07) is 15.9. The van der Waals surface area contributed by atoms with Gasteiger partial charge in [-0.1, -0.05) is 36.4 Å². The number of ether oxygens (including phenoxy) is 1. The fraction of sp³-hybridized carbons (Fsp3) is 0.235. The van der Waals surface area contributed by atoms with Crippen molar-refractivity contribution < 1.29 is 14.6 Å². The standard InChI is InChI=1S/C17H17NO3/c19-16(20)10-5-11-18-17-12-6-1-3-8-14(12)21-15-9-4-2-7-13(15)17/h1-4,6-9,17-18H,5,10-11H2,(H,19,20). The molecule has 2 aromatic rings. The number of para-hydroxylation sites is 2. The maximum absolute atomic E-state index is 10.6.